The SMILES string of the molecule is NC1=C2C=CC=CC=C2NC2=C1C(=O)C(CCC1CCN(Cc3ccccc3)CC1)CC2. The zero-order chi connectivity index (χ0) is 21.9. The number of likely N-dealkylation sites (tertiary alicyclic amines) is 1. The molecule has 0 saturated carbocycles. The zero-order valence-electron chi connectivity index (χ0n) is 18.7. The number of nitrogens with zero attached hydrogens (tertiary/aromatic N) is 1. The Bertz CT molecular complexity index is 1020. The van der Waals surface area contributed by atoms with Gasteiger partial charge in [-0.25, -0.2) is 0 Å². The van der Waals surface area contributed by atoms with Crippen LogP contribution >= 0.6 is 0 Å². The number of piperidine rings is 1. The first kappa shape index (κ1) is 21.0. The third-order valence-corrected chi connectivity index (χ3v) is 7.42. The number of hydrogen-bond donors (Lipinski definition) is 2. The molecule has 0 amide bonds. The van der Waals surface area contributed by atoms with Crippen molar-refractivity contribution in [2.75, 3.05) is 13.1 Å². The molecule has 4 heteroatoms. The van der Waals surface area contributed by atoms with Gasteiger partial charge in [-0.15, -0.1) is 0 Å². The van der Waals surface area contributed by atoms with Gasteiger partial charge in [-0.1, -0.05) is 54.6 Å². The summed E-state index contributed by atoms with van der Waals surface area (Å²) in [6.45, 7) is 3.37. The van der Waals surface area contributed by atoms with E-state index in [-0.39, 0.29) is 11.7 Å². The quantitative estimate of drug-likeness (QED) is 0.713. The second-order valence-electron chi connectivity index (χ2n) is 9.51. The fourth-order valence-electron chi connectivity index (χ4n) is 5.52. The number of Topliss-reactive ketones (excluding diaryl/α,β-unsaturated/α-hetero) is 1. The fourth-order valence-corrected chi connectivity index (χ4v) is 5.52. The van der Waals surface area contributed by atoms with Crippen molar-refractivity contribution < 1.29 is 4.79 Å². The van der Waals surface area contributed by atoms with Crippen LogP contribution in [-0.4, -0.2) is 23.8 Å². The van der Waals surface area contributed by atoms with Crippen molar-refractivity contribution in [1.29, 1.82) is 0 Å². The summed E-state index contributed by atoms with van der Waals surface area (Å²) in [5, 5.41) is 3.48. The Balaban J connectivity index is 1.16. The molecule has 0 bridgehead atoms. The number of ketones is 1. The maximum atomic E-state index is 13.4. The summed E-state index contributed by atoms with van der Waals surface area (Å²) < 4.78 is 0. The Hall–Kier alpha value is -2.85. The van der Waals surface area contributed by atoms with Crippen LogP contribution in [-0.2, 0) is 11.3 Å². The minimum absolute atomic E-state index is 0.107. The molecule has 0 radical (unpaired) electrons. The van der Waals surface area contributed by atoms with Gasteiger partial charge in [0.1, 0.15) is 0 Å². The topological polar surface area (TPSA) is 58.4 Å². The van der Waals surface area contributed by atoms with Crippen molar-refractivity contribution >= 4 is 5.78 Å². The van der Waals surface area contributed by atoms with Crippen molar-refractivity contribution in [3.63, 3.8) is 0 Å². The van der Waals surface area contributed by atoms with E-state index in [1.54, 1.807) is 0 Å². The molecule has 0 spiro atoms. The van der Waals surface area contributed by atoms with Crippen molar-refractivity contribution in [2.24, 2.45) is 17.6 Å². The van der Waals surface area contributed by atoms with E-state index >= 15 is 0 Å². The molecule has 1 unspecified atom stereocenters. The van der Waals surface area contributed by atoms with Gasteiger partial charge in [0.25, 0.3) is 0 Å². The predicted molar refractivity (Wildman–Crippen MR) is 129 cm³/mol. The highest BCUT2D eigenvalue weighted by Crippen LogP contribution is 2.38. The number of carbonyl (C=O) groups is 1. The summed E-state index contributed by atoms with van der Waals surface area (Å²) in [5.41, 5.74) is 12.3. The van der Waals surface area contributed by atoms with Crippen LogP contribution in [0.2, 0.25) is 0 Å². The molecule has 1 saturated heterocycles. The Kier molecular flexibility index (Phi) is 6.13. The molecule has 0 aromatic heterocycles. The number of allylic oxidation sites excluding steroid dienone is 7. The number of benzene rings is 1. The molecule has 2 aliphatic heterocycles. The van der Waals surface area contributed by atoms with Crippen molar-refractivity contribution in [2.45, 2.75) is 45.1 Å². The minimum atomic E-state index is 0.107. The lowest BCUT2D eigenvalue weighted by atomic mass is 9.77. The van der Waals surface area contributed by atoms with Gasteiger partial charge in [0.15, 0.2) is 5.78 Å². The van der Waals surface area contributed by atoms with E-state index in [2.05, 4.69) is 40.5 Å². The molecule has 2 heterocycles. The van der Waals surface area contributed by atoms with E-state index in [1.807, 2.05) is 30.4 Å². The van der Waals surface area contributed by atoms with Crippen LogP contribution in [0, 0.1) is 11.8 Å². The van der Waals surface area contributed by atoms with Crippen LogP contribution in [0.3, 0.4) is 0 Å². The van der Waals surface area contributed by atoms with E-state index in [1.165, 1.54) is 18.4 Å². The molecule has 32 heavy (non-hydrogen) atoms. The molecule has 4 nitrogen and oxygen atoms in total. The summed E-state index contributed by atoms with van der Waals surface area (Å²) in [7, 11) is 0. The molecule has 3 N–H and O–H groups in total. The zero-order valence-corrected chi connectivity index (χ0v) is 18.7. The molecular formula is C28H33N3O. The molecule has 2 aliphatic carbocycles. The Morgan fingerprint density at radius 3 is 2.62 bits per heavy atom. The van der Waals surface area contributed by atoms with Crippen molar-refractivity contribution in [1.82, 2.24) is 10.2 Å². The summed E-state index contributed by atoms with van der Waals surface area (Å²) in [6.07, 6.45) is 16.5. The molecule has 1 aromatic carbocycles. The number of dihydropyridines is 1. The van der Waals surface area contributed by atoms with Gasteiger partial charge in [-0.3, -0.25) is 9.69 Å². The lowest BCUT2D eigenvalue weighted by Crippen LogP contribution is -2.36. The number of carbonyl (C=O) groups excluding carboxylic acids is 1. The molecule has 1 atom stereocenters. The third kappa shape index (κ3) is 4.37. The normalized spacial score (nSPS) is 24.1. The van der Waals surface area contributed by atoms with Crippen LogP contribution in [0.25, 0.3) is 0 Å². The summed E-state index contributed by atoms with van der Waals surface area (Å²) in [6, 6.07) is 10.7. The first-order valence-corrected chi connectivity index (χ1v) is 12.0. The molecule has 5 rings (SSSR count). The molecular weight excluding hydrogens is 394 g/mol. The average molecular weight is 428 g/mol. The largest absolute Gasteiger partial charge is 0.398 e. The van der Waals surface area contributed by atoms with Gasteiger partial charge in [0, 0.05) is 29.4 Å². The Labute approximate surface area is 191 Å². The summed E-state index contributed by atoms with van der Waals surface area (Å²) >= 11 is 0. The number of nitrogens with one attached hydrogen (secondary N) is 1. The van der Waals surface area contributed by atoms with E-state index < -0.39 is 0 Å². The second kappa shape index (κ2) is 9.33. The number of nitrogens with two attached hydrogens (primary N) is 1. The monoisotopic (exact) mass is 427 g/mol. The lowest BCUT2D eigenvalue weighted by Gasteiger charge is -2.34. The van der Waals surface area contributed by atoms with Crippen LogP contribution in [0.15, 0.2) is 88.9 Å². The van der Waals surface area contributed by atoms with Gasteiger partial charge in [-0.2, -0.15) is 0 Å². The number of hydrogen-bond acceptors (Lipinski definition) is 4. The highest BCUT2D eigenvalue weighted by atomic mass is 16.1. The fraction of sp³-hybridized carbons (Fsp3) is 0.393. The highest BCUT2D eigenvalue weighted by molar-refractivity contribution is 6.03. The smallest absolute Gasteiger partial charge is 0.169 e. The van der Waals surface area contributed by atoms with Crippen LogP contribution in [0.1, 0.15) is 44.1 Å². The number of rotatable bonds is 5. The summed E-state index contributed by atoms with van der Waals surface area (Å²) in [5.74, 6) is 1.08. The Morgan fingerprint density at radius 1 is 1.00 bits per heavy atom. The lowest BCUT2D eigenvalue weighted by molar-refractivity contribution is -0.120. The third-order valence-electron chi connectivity index (χ3n) is 7.42. The van der Waals surface area contributed by atoms with Crippen LogP contribution < -0.4 is 11.1 Å². The molecule has 4 aliphatic rings. The van der Waals surface area contributed by atoms with Gasteiger partial charge in [-0.05, 0) is 69.2 Å². The van der Waals surface area contributed by atoms with E-state index in [0.717, 1.165) is 73.8 Å². The van der Waals surface area contributed by atoms with E-state index in [9.17, 15) is 4.79 Å². The maximum absolute atomic E-state index is 13.4. The van der Waals surface area contributed by atoms with Gasteiger partial charge >= 0.3 is 0 Å². The van der Waals surface area contributed by atoms with Gasteiger partial charge in [0.05, 0.1) is 11.3 Å². The summed E-state index contributed by atoms with van der Waals surface area (Å²) in [4.78, 5) is 15.9. The predicted octanol–water partition coefficient (Wildman–Crippen LogP) is 4.74. The number of fused-ring (bicyclic) bond motifs is 1. The molecule has 166 valence electrons. The van der Waals surface area contributed by atoms with E-state index in [4.69, 9.17) is 5.73 Å². The van der Waals surface area contributed by atoms with Crippen molar-refractivity contribution in [3.05, 3.63) is 94.5 Å². The second-order valence-corrected chi connectivity index (χ2v) is 9.51. The minimum Gasteiger partial charge on any atom is -0.398 e. The van der Waals surface area contributed by atoms with E-state index in [0.29, 0.717) is 5.70 Å². The maximum Gasteiger partial charge on any atom is 0.169 e. The molecule has 1 aromatic rings. The van der Waals surface area contributed by atoms with Gasteiger partial charge < -0.3 is 11.1 Å². The first-order valence-electron chi connectivity index (χ1n) is 12.0. The molecule has 1 fully saturated rings. The standard InChI is InChI=1S/C28H33N3O/c29-27-23-9-5-2-6-10-24(23)30-25-14-13-22(28(32)26(25)27)12-11-20-15-17-31(18-16-20)19-21-7-3-1-4-8-21/h1-10,20,22,30H,11-19,29H2. The highest BCUT2D eigenvalue weighted by Gasteiger charge is 2.35. The Morgan fingerprint density at radius 2 is 1.81 bits per heavy atom. The van der Waals surface area contributed by atoms with Crippen LogP contribution in [0.4, 0.5) is 0 Å². The average Bonchev–Trinajstić information content (AvgIpc) is 3.06. The van der Waals surface area contributed by atoms with Gasteiger partial charge in [0.2, 0.25) is 0 Å². The van der Waals surface area contributed by atoms with Crippen LogP contribution in [0.5, 0.6) is 0 Å². The van der Waals surface area contributed by atoms with Crippen molar-refractivity contribution in [3.8, 4) is 0 Å². The first-order chi connectivity index (χ1) is 15.7.